The number of hydrogen-bond acceptors (Lipinski definition) is 3. The van der Waals surface area contributed by atoms with Gasteiger partial charge in [0.15, 0.2) is 11.5 Å². The largest absolute Gasteiger partial charge is 0.504 e. The van der Waals surface area contributed by atoms with Crippen LogP contribution in [0.4, 0.5) is 10.1 Å². The molecule has 2 aromatic carbocycles. The summed E-state index contributed by atoms with van der Waals surface area (Å²) in [6.07, 6.45) is 0. The molecular weight excluding hydrogens is 304 g/mol. The molecule has 0 aliphatic rings. The second-order valence-electron chi connectivity index (χ2n) is 4.09. The van der Waals surface area contributed by atoms with E-state index in [1.807, 2.05) is 0 Å². The van der Waals surface area contributed by atoms with E-state index in [4.69, 9.17) is 27.9 Å². The SMILES string of the molecule is COc1cc(Cl)cc(CNc2cc(F)ccc2Cl)c1O. The Balaban J connectivity index is 2.23. The van der Waals surface area contributed by atoms with E-state index in [1.54, 1.807) is 6.07 Å². The van der Waals surface area contributed by atoms with Gasteiger partial charge in [0, 0.05) is 23.2 Å². The summed E-state index contributed by atoms with van der Waals surface area (Å²) in [6, 6.07) is 7.11. The predicted molar refractivity (Wildman–Crippen MR) is 78.4 cm³/mol. The fourth-order valence-electron chi connectivity index (χ4n) is 1.74. The zero-order chi connectivity index (χ0) is 14.7. The van der Waals surface area contributed by atoms with Crippen LogP contribution < -0.4 is 10.1 Å². The normalized spacial score (nSPS) is 10.4. The van der Waals surface area contributed by atoms with Crippen LogP contribution in [0.3, 0.4) is 0 Å². The van der Waals surface area contributed by atoms with E-state index in [1.165, 1.54) is 31.4 Å². The molecule has 0 amide bonds. The van der Waals surface area contributed by atoms with Gasteiger partial charge in [0.2, 0.25) is 0 Å². The number of aromatic hydroxyl groups is 1. The molecule has 2 rings (SSSR count). The van der Waals surface area contributed by atoms with Crippen LogP contribution in [-0.4, -0.2) is 12.2 Å². The molecule has 0 bridgehead atoms. The number of methoxy groups -OCH3 is 1. The highest BCUT2D eigenvalue weighted by atomic mass is 35.5. The van der Waals surface area contributed by atoms with Crippen LogP contribution in [-0.2, 0) is 6.54 Å². The number of halogens is 3. The Labute approximate surface area is 125 Å². The summed E-state index contributed by atoms with van der Waals surface area (Å²) in [6.45, 7) is 0.228. The molecule has 0 spiro atoms. The molecule has 2 aromatic rings. The van der Waals surface area contributed by atoms with E-state index in [2.05, 4.69) is 5.32 Å². The van der Waals surface area contributed by atoms with Crippen LogP contribution in [0.15, 0.2) is 30.3 Å². The third-order valence-electron chi connectivity index (χ3n) is 2.74. The maximum atomic E-state index is 13.1. The molecule has 20 heavy (non-hydrogen) atoms. The zero-order valence-corrected chi connectivity index (χ0v) is 12.1. The smallest absolute Gasteiger partial charge is 0.162 e. The Kier molecular flexibility index (Phi) is 4.57. The molecule has 0 atom stereocenters. The molecule has 0 aliphatic heterocycles. The first kappa shape index (κ1) is 14.8. The van der Waals surface area contributed by atoms with Crippen molar-refractivity contribution >= 4 is 28.9 Å². The molecule has 0 fully saturated rings. The summed E-state index contributed by atoms with van der Waals surface area (Å²) in [5.41, 5.74) is 0.958. The molecule has 0 aliphatic carbocycles. The van der Waals surface area contributed by atoms with Crippen molar-refractivity contribution < 1.29 is 14.2 Å². The van der Waals surface area contributed by atoms with Crippen LogP contribution in [0.2, 0.25) is 10.0 Å². The minimum absolute atomic E-state index is 0.0167. The number of rotatable bonds is 4. The summed E-state index contributed by atoms with van der Waals surface area (Å²) < 4.78 is 18.2. The highest BCUT2D eigenvalue weighted by Crippen LogP contribution is 2.34. The molecule has 0 heterocycles. The predicted octanol–water partition coefficient (Wildman–Crippen LogP) is 4.46. The summed E-state index contributed by atoms with van der Waals surface area (Å²) in [4.78, 5) is 0. The maximum Gasteiger partial charge on any atom is 0.162 e. The molecule has 0 saturated heterocycles. The van der Waals surface area contributed by atoms with Crippen molar-refractivity contribution in [2.75, 3.05) is 12.4 Å². The Morgan fingerprint density at radius 2 is 2.00 bits per heavy atom. The highest BCUT2D eigenvalue weighted by Gasteiger charge is 2.10. The van der Waals surface area contributed by atoms with Gasteiger partial charge in [0.25, 0.3) is 0 Å². The third-order valence-corrected chi connectivity index (χ3v) is 3.28. The average molecular weight is 316 g/mol. The van der Waals surface area contributed by atoms with E-state index in [0.717, 1.165) is 0 Å². The van der Waals surface area contributed by atoms with Crippen LogP contribution in [0.5, 0.6) is 11.5 Å². The Morgan fingerprint density at radius 3 is 2.70 bits per heavy atom. The van der Waals surface area contributed by atoms with Gasteiger partial charge in [-0.05, 0) is 24.3 Å². The molecule has 0 saturated carbocycles. The van der Waals surface area contributed by atoms with Crippen molar-refractivity contribution in [3.05, 3.63) is 51.8 Å². The minimum atomic E-state index is -0.398. The standard InChI is InChI=1S/C14H12Cl2FNO2/c1-20-13-5-9(15)4-8(14(13)19)7-18-12-6-10(17)2-3-11(12)16/h2-6,18-19H,7H2,1H3. The lowest BCUT2D eigenvalue weighted by atomic mass is 10.1. The summed E-state index contributed by atoms with van der Waals surface area (Å²) in [5, 5.41) is 13.7. The number of anilines is 1. The number of hydrogen-bond donors (Lipinski definition) is 2. The molecule has 2 N–H and O–H groups in total. The first-order chi connectivity index (χ1) is 9.51. The van der Waals surface area contributed by atoms with E-state index >= 15 is 0 Å². The van der Waals surface area contributed by atoms with Crippen molar-refractivity contribution in [3.63, 3.8) is 0 Å². The summed E-state index contributed by atoms with van der Waals surface area (Å²) in [5.74, 6) is -0.138. The second-order valence-corrected chi connectivity index (χ2v) is 4.94. The van der Waals surface area contributed by atoms with E-state index in [-0.39, 0.29) is 18.0 Å². The monoisotopic (exact) mass is 315 g/mol. The van der Waals surface area contributed by atoms with E-state index in [0.29, 0.717) is 21.3 Å². The quantitative estimate of drug-likeness (QED) is 0.875. The van der Waals surface area contributed by atoms with Gasteiger partial charge < -0.3 is 15.2 Å². The topological polar surface area (TPSA) is 41.5 Å². The van der Waals surface area contributed by atoms with Crippen molar-refractivity contribution in [1.82, 2.24) is 0 Å². The first-order valence-corrected chi connectivity index (χ1v) is 6.51. The minimum Gasteiger partial charge on any atom is -0.504 e. The Hall–Kier alpha value is -1.65. The van der Waals surface area contributed by atoms with Crippen LogP contribution in [0.25, 0.3) is 0 Å². The number of phenolic OH excluding ortho intramolecular Hbond substituents is 1. The van der Waals surface area contributed by atoms with Gasteiger partial charge >= 0.3 is 0 Å². The zero-order valence-electron chi connectivity index (χ0n) is 10.6. The van der Waals surface area contributed by atoms with Gasteiger partial charge in [0.05, 0.1) is 17.8 Å². The molecule has 6 heteroatoms. The lowest BCUT2D eigenvalue weighted by molar-refractivity contribution is 0.371. The van der Waals surface area contributed by atoms with Crippen molar-refractivity contribution in [2.45, 2.75) is 6.54 Å². The van der Waals surface area contributed by atoms with E-state index in [9.17, 15) is 9.50 Å². The molecule has 3 nitrogen and oxygen atoms in total. The molecule has 106 valence electrons. The number of nitrogens with one attached hydrogen (secondary N) is 1. The summed E-state index contributed by atoms with van der Waals surface area (Å²) >= 11 is 11.9. The highest BCUT2D eigenvalue weighted by molar-refractivity contribution is 6.33. The molecule has 0 aromatic heterocycles. The van der Waals surface area contributed by atoms with Crippen LogP contribution >= 0.6 is 23.2 Å². The van der Waals surface area contributed by atoms with Gasteiger partial charge in [-0.15, -0.1) is 0 Å². The Bertz CT molecular complexity index is 635. The molecular formula is C14H12Cl2FNO2. The second kappa shape index (κ2) is 6.20. The maximum absolute atomic E-state index is 13.1. The average Bonchev–Trinajstić information content (AvgIpc) is 2.42. The molecule has 0 unspecified atom stereocenters. The van der Waals surface area contributed by atoms with Crippen LogP contribution in [0.1, 0.15) is 5.56 Å². The molecule has 0 radical (unpaired) electrons. The fourth-order valence-corrected chi connectivity index (χ4v) is 2.16. The fraction of sp³-hybridized carbons (Fsp3) is 0.143. The van der Waals surface area contributed by atoms with Gasteiger partial charge in [-0.1, -0.05) is 23.2 Å². The lowest BCUT2D eigenvalue weighted by Gasteiger charge is -2.12. The number of phenols is 1. The first-order valence-electron chi connectivity index (χ1n) is 5.75. The van der Waals surface area contributed by atoms with Crippen molar-refractivity contribution in [3.8, 4) is 11.5 Å². The van der Waals surface area contributed by atoms with Crippen molar-refractivity contribution in [1.29, 1.82) is 0 Å². The van der Waals surface area contributed by atoms with E-state index < -0.39 is 5.82 Å². The van der Waals surface area contributed by atoms with Gasteiger partial charge in [-0.3, -0.25) is 0 Å². The number of benzene rings is 2. The van der Waals surface area contributed by atoms with Gasteiger partial charge in [-0.2, -0.15) is 0 Å². The van der Waals surface area contributed by atoms with Gasteiger partial charge in [-0.25, -0.2) is 4.39 Å². The van der Waals surface area contributed by atoms with Crippen LogP contribution in [0, 0.1) is 5.82 Å². The number of ether oxygens (including phenoxy) is 1. The summed E-state index contributed by atoms with van der Waals surface area (Å²) in [7, 11) is 1.44. The van der Waals surface area contributed by atoms with Gasteiger partial charge in [0.1, 0.15) is 5.82 Å². The Morgan fingerprint density at radius 1 is 1.25 bits per heavy atom. The van der Waals surface area contributed by atoms with Crippen molar-refractivity contribution in [2.24, 2.45) is 0 Å². The lowest BCUT2D eigenvalue weighted by Crippen LogP contribution is -2.01. The third kappa shape index (κ3) is 3.26.